The topological polar surface area (TPSA) is 33.1 Å². The highest BCUT2D eigenvalue weighted by Gasteiger charge is 1.94. The molecule has 3 heteroatoms. The molecule has 1 aliphatic heterocycles. The summed E-state index contributed by atoms with van der Waals surface area (Å²) in [4.78, 5) is 0. The second-order valence-electron chi connectivity index (χ2n) is 1.42. The van der Waals surface area contributed by atoms with Gasteiger partial charge in [0.1, 0.15) is 0 Å². The first-order chi connectivity index (χ1) is 3.91. The van der Waals surface area contributed by atoms with E-state index in [9.17, 15) is 0 Å². The van der Waals surface area contributed by atoms with Crippen molar-refractivity contribution in [1.82, 2.24) is 0 Å². The molecule has 0 unspecified atom stereocenters. The first-order valence-electron chi connectivity index (χ1n) is 2.53. The maximum absolute atomic E-state index is 5.77. The average molecular weight is 131 g/mol. The summed E-state index contributed by atoms with van der Waals surface area (Å²) >= 11 is 3.81. The second-order valence-corrected chi connectivity index (χ2v) is 1.63. The Morgan fingerprint density at radius 3 is 1.88 bits per heavy atom. The van der Waals surface area contributed by atoms with Crippen molar-refractivity contribution in [3.8, 4) is 0 Å². The Bertz CT molecular complexity index is 66.9. The molecule has 1 aliphatic rings. The van der Waals surface area contributed by atoms with Crippen LogP contribution in [0.4, 0.5) is 0 Å². The fourth-order valence-corrected chi connectivity index (χ4v) is 0.510. The summed E-state index contributed by atoms with van der Waals surface area (Å²) in [6, 6.07) is 0. The van der Waals surface area contributed by atoms with Gasteiger partial charge in [-0.2, -0.15) is 0 Å². The van der Waals surface area contributed by atoms with Crippen LogP contribution in [0.2, 0.25) is 0 Å². The molecule has 0 aromatic carbocycles. The molecule has 1 fully saturated rings. The predicted molar refractivity (Wildman–Crippen MR) is 35.4 cm³/mol. The standard InChI is InChI=1S/C4H8O.CHNS/c1-2-4-5-3-1;2-1-3/h1-4H2;2H. The van der Waals surface area contributed by atoms with Gasteiger partial charge in [-0.25, -0.2) is 5.41 Å². The van der Waals surface area contributed by atoms with Crippen LogP contribution in [0.15, 0.2) is 0 Å². The molecular formula is C5H9NOS. The summed E-state index contributed by atoms with van der Waals surface area (Å²) in [7, 11) is 0. The van der Waals surface area contributed by atoms with E-state index in [1.54, 1.807) is 5.16 Å². The van der Waals surface area contributed by atoms with E-state index in [-0.39, 0.29) is 0 Å². The van der Waals surface area contributed by atoms with E-state index < -0.39 is 0 Å². The summed E-state index contributed by atoms with van der Waals surface area (Å²) in [5.41, 5.74) is 0. The van der Waals surface area contributed by atoms with Gasteiger partial charge in [0.15, 0.2) is 0 Å². The molecule has 46 valence electrons. The quantitative estimate of drug-likeness (QED) is 0.399. The van der Waals surface area contributed by atoms with Crippen molar-refractivity contribution in [2.24, 2.45) is 0 Å². The van der Waals surface area contributed by atoms with Gasteiger partial charge < -0.3 is 4.74 Å². The van der Waals surface area contributed by atoms with Gasteiger partial charge in [0.05, 0.1) is 5.16 Å². The number of isothiocyanates is 1. The van der Waals surface area contributed by atoms with Crippen molar-refractivity contribution >= 4 is 17.4 Å². The minimum atomic E-state index is 1.00. The van der Waals surface area contributed by atoms with Crippen LogP contribution in [0.25, 0.3) is 0 Å². The number of hydrogen-bond donors (Lipinski definition) is 1. The fraction of sp³-hybridized carbons (Fsp3) is 0.800. The van der Waals surface area contributed by atoms with E-state index >= 15 is 0 Å². The Balaban J connectivity index is 0.000000145. The molecule has 1 saturated heterocycles. The van der Waals surface area contributed by atoms with E-state index in [4.69, 9.17) is 10.1 Å². The zero-order chi connectivity index (χ0) is 6.24. The highest BCUT2D eigenvalue weighted by molar-refractivity contribution is 7.78. The van der Waals surface area contributed by atoms with Gasteiger partial charge in [0.25, 0.3) is 0 Å². The highest BCUT2D eigenvalue weighted by Crippen LogP contribution is 1.98. The molecule has 0 atom stereocenters. The predicted octanol–water partition coefficient (Wildman–Crippen LogP) is 1.46. The van der Waals surface area contributed by atoms with Gasteiger partial charge in [0, 0.05) is 13.2 Å². The van der Waals surface area contributed by atoms with Gasteiger partial charge in [-0.3, -0.25) is 0 Å². The van der Waals surface area contributed by atoms with E-state index in [1.165, 1.54) is 12.8 Å². The minimum absolute atomic E-state index is 1.00. The van der Waals surface area contributed by atoms with Gasteiger partial charge in [-0.15, -0.1) is 0 Å². The van der Waals surface area contributed by atoms with Gasteiger partial charge in [0.2, 0.25) is 0 Å². The first kappa shape index (κ1) is 7.76. The maximum Gasteiger partial charge on any atom is 0.0554 e. The van der Waals surface area contributed by atoms with Crippen LogP contribution < -0.4 is 0 Å². The second kappa shape index (κ2) is 6.76. The lowest BCUT2D eigenvalue weighted by Crippen LogP contribution is -1.74. The number of hydrogen-bond acceptors (Lipinski definition) is 3. The Hall–Kier alpha value is -0.240. The van der Waals surface area contributed by atoms with Crippen LogP contribution in [-0.4, -0.2) is 18.4 Å². The monoisotopic (exact) mass is 131 g/mol. The van der Waals surface area contributed by atoms with Crippen molar-refractivity contribution in [2.75, 3.05) is 13.2 Å². The Kier molecular flexibility index (Phi) is 6.56. The molecule has 1 heterocycles. The lowest BCUT2D eigenvalue weighted by atomic mass is 10.4. The van der Waals surface area contributed by atoms with Crippen molar-refractivity contribution < 1.29 is 4.74 Å². The third kappa shape index (κ3) is 5.76. The summed E-state index contributed by atoms with van der Waals surface area (Å²) in [6.45, 7) is 2.00. The number of thiocarbonyl (C=S) groups is 1. The van der Waals surface area contributed by atoms with Gasteiger partial charge in [-0.05, 0) is 25.1 Å². The van der Waals surface area contributed by atoms with Crippen molar-refractivity contribution in [1.29, 1.82) is 5.41 Å². The summed E-state index contributed by atoms with van der Waals surface area (Å²) in [6.07, 6.45) is 2.56. The SMILES string of the molecule is C1CCOC1.N=C=S. The molecule has 0 aromatic heterocycles. The van der Waals surface area contributed by atoms with E-state index in [2.05, 4.69) is 12.2 Å². The van der Waals surface area contributed by atoms with Crippen LogP contribution in [-0.2, 0) is 4.74 Å². The lowest BCUT2D eigenvalue weighted by Gasteiger charge is -1.76. The largest absolute Gasteiger partial charge is 0.381 e. The van der Waals surface area contributed by atoms with Gasteiger partial charge in [-0.1, -0.05) is 0 Å². The van der Waals surface area contributed by atoms with Crippen molar-refractivity contribution in [3.05, 3.63) is 0 Å². The highest BCUT2D eigenvalue weighted by atomic mass is 32.1. The minimum Gasteiger partial charge on any atom is -0.381 e. The van der Waals surface area contributed by atoms with Crippen LogP contribution in [0.3, 0.4) is 0 Å². The third-order valence-electron chi connectivity index (χ3n) is 0.827. The molecule has 1 rings (SSSR count). The first-order valence-corrected chi connectivity index (χ1v) is 2.94. The van der Waals surface area contributed by atoms with E-state index in [0.717, 1.165) is 13.2 Å². The van der Waals surface area contributed by atoms with Crippen LogP contribution in [0, 0.1) is 5.41 Å². The molecule has 8 heavy (non-hydrogen) atoms. The zero-order valence-electron chi connectivity index (χ0n) is 4.64. The van der Waals surface area contributed by atoms with Crippen LogP contribution in [0.5, 0.6) is 0 Å². The summed E-state index contributed by atoms with van der Waals surface area (Å²) in [5.74, 6) is 0. The van der Waals surface area contributed by atoms with Gasteiger partial charge >= 0.3 is 0 Å². The molecule has 0 radical (unpaired) electrons. The fourth-order valence-electron chi connectivity index (χ4n) is 0.510. The molecule has 0 bridgehead atoms. The van der Waals surface area contributed by atoms with Crippen molar-refractivity contribution in [2.45, 2.75) is 12.8 Å². The zero-order valence-corrected chi connectivity index (χ0v) is 5.46. The molecule has 0 aromatic rings. The van der Waals surface area contributed by atoms with E-state index in [1.807, 2.05) is 0 Å². The van der Waals surface area contributed by atoms with Crippen LogP contribution in [0.1, 0.15) is 12.8 Å². The smallest absolute Gasteiger partial charge is 0.0554 e. The molecule has 0 spiro atoms. The molecule has 0 amide bonds. The normalized spacial score (nSPS) is 16.0. The Morgan fingerprint density at radius 2 is 1.75 bits per heavy atom. The number of nitrogens with one attached hydrogen (secondary N) is 1. The van der Waals surface area contributed by atoms with E-state index in [0.29, 0.717) is 0 Å². The lowest BCUT2D eigenvalue weighted by molar-refractivity contribution is 0.198. The molecule has 2 nitrogen and oxygen atoms in total. The molecule has 0 saturated carbocycles. The Labute approximate surface area is 54.4 Å². The number of ether oxygens (including phenoxy) is 1. The van der Waals surface area contributed by atoms with Crippen LogP contribution >= 0.6 is 12.2 Å². The molecular weight excluding hydrogens is 122 g/mol. The third-order valence-corrected chi connectivity index (χ3v) is 0.827. The Morgan fingerprint density at radius 1 is 1.38 bits per heavy atom. The summed E-state index contributed by atoms with van der Waals surface area (Å²) < 4.78 is 4.94. The van der Waals surface area contributed by atoms with Crippen molar-refractivity contribution in [3.63, 3.8) is 0 Å². The maximum atomic E-state index is 5.77. The average Bonchev–Trinajstić information content (AvgIpc) is 2.17. The summed E-state index contributed by atoms with van der Waals surface area (Å²) in [5, 5.41) is 7.36. The molecule has 0 aliphatic carbocycles. The molecule has 1 N–H and O–H groups in total. The number of rotatable bonds is 0.